The summed E-state index contributed by atoms with van der Waals surface area (Å²) in [7, 11) is 0. The van der Waals surface area contributed by atoms with E-state index >= 15 is 0 Å². The number of aromatic nitrogens is 2. The molecule has 1 saturated heterocycles. The Morgan fingerprint density at radius 1 is 1.16 bits per heavy atom. The molecule has 170 valence electrons. The van der Waals surface area contributed by atoms with Crippen molar-refractivity contribution in [1.29, 1.82) is 0 Å². The maximum absolute atomic E-state index is 12.6. The summed E-state index contributed by atoms with van der Waals surface area (Å²) in [4.78, 5) is 17.4. The van der Waals surface area contributed by atoms with Gasteiger partial charge in [-0.1, -0.05) is 0 Å². The lowest BCUT2D eigenvalue weighted by molar-refractivity contribution is -0.139. The molecule has 2 aliphatic heterocycles. The molecule has 1 saturated carbocycles. The van der Waals surface area contributed by atoms with Crippen molar-refractivity contribution in [3.05, 3.63) is 41.9 Å². The van der Waals surface area contributed by atoms with Crippen molar-refractivity contribution in [2.75, 3.05) is 31.1 Å². The van der Waals surface area contributed by atoms with Crippen molar-refractivity contribution in [1.82, 2.24) is 14.9 Å². The van der Waals surface area contributed by atoms with E-state index in [4.69, 9.17) is 4.74 Å². The quantitative estimate of drug-likeness (QED) is 0.565. The van der Waals surface area contributed by atoms with Crippen molar-refractivity contribution < 1.29 is 17.9 Å². The van der Waals surface area contributed by atoms with Crippen LogP contribution in [0.1, 0.15) is 44.4 Å². The monoisotopic (exact) mass is 445 g/mol. The van der Waals surface area contributed by atoms with Crippen molar-refractivity contribution in [3.8, 4) is 5.75 Å². The fraction of sp³-hybridized carbons (Fsp3) is 0.522. The van der Waals surface area contributed by atoms with Crippen molar-refractivity contribution in [3.63, 3.8) is 0 Å². The molecule has 3 aliphatic rings. The number of fused-ring (bicyclic) bond motifs is 1. The highest BCUT2D eigenvalue weighted by Gasteiger charge is 2.40. The highest BCUT2D eigenvalue weighted by molar-refractivity contribution is 6.21. The Balaban J connectivity index is 1.27. The molecule has 0 radical (unpaired) electrons. The Kier molecular flexibility index (Phi) is 5.11. The number of alkyl halides is 3. The summed E-state index contributed by atoms with van der Waals surface area (Å²) in [5.41, 5.74) is 3.44. The van der Waals surface area contributed by atoms with Gasteiger partial charge in [0.2, 0.25) is 0 Å². The van der Waals surface area contributed by atoms with Crippen LogP contribution in [-0.2, 0) is 0 Å². The van der Waals surface area contributed by atoms with Crippen LogP contribution in [0.25, 0.3) is 0 Å². The van der Waals surface area contributed by atoms with Gasteiger partial charge < -0.3 is 9.64 Å². The minimum Gasteiger partial charge on any atom is -0.488 e. The lowest BCUT2D eigenvalue weighted by atomic mass is 9.98. The van der Waals surface area contributed by atoms with Gasteiger partial charge >= 0.3 is 6.18 Å². The van der Waals surface area contributed by atoms with Gasteiger partial charge in [-0.25, -0.2) is 15.0 Å². The number of halogens is 3. The summed E-state index contributed by atoms with van der Waals surface area (Å²) < 4.78 is 43.8. The highest BCUT2D eigenvalue weighted by atomic mass is 19.4. The van der Waals surface area contributed by atoms with Crippen LogP contribution in [0.15, 0.2) is 35.6 Å². The zero-order chi connectivity index (χ0) is 22.5. The van der Waals surface area contributed by atoms with Crippen LogP contribution in [0.3, 0.4) is 0 Å². The number of nitrogens with zero attached hydrogens (tertiary/aromatic N) is 5. The Bertz CT molecular complexity index is 1050. The summed E-state index contributed by atoms with van der Waals surface area (Å²) in [5, 5.41) is 0. The SMILES string of the molecule is CC1CN(c2cc(C3=Nc4ccc(OC5(C)CC5)cc43)ncn2)CCN1CCC(F)(F)F. The van der Waals surface area contributed by atoms with E-state index in [1.165, 1.54) is 6.33 Å². The summed E-state index contributed by atoms with van der Waals surface area (Å²) in [6.45, 7) is 5.91. The average Bonchev–Trinajstić information content (AvgIpc) is 3.45. The fourth-order valence-corrected chi connectivity index (χ4v) is 4.21. The lowest BCUT2D eigenvalue weighted by Crippen LogP contribution is -2.52. The molecular weight excluding hydrogens is 419 g/mol. The molecule has 0 amide bonds. The van der Waals surface area contributed by atoms with Gasteiger partial charge in [-0.15, -0.1) is 0 Å². The highest BCUT2D eigenvalue weighted by Crippen LogP contribution is 2.42. The lowest BCUT2D eigenvalue weighted by Gasteiger charge is -2.40. The van der Waals surface area contributed by atoms with Gasteiger partial charge in [0.1, 0.15) is 23.5 Å². The van der Waals surface area contributed by atoms with Gasteiger partial charge in [-0.2, -0.15) is 13.2 Å². The van der Waals surface area contributed by atoms with Crippen LogP contribution in [-0.4, -0.2) is 64.6 Å². The second-order valence-corrected chi connectivity index (χ2v) is 9.15. The molecule has 2 fully saturated rings. The first kappa shape index (κ1) is 21.2. The van der Waals surface area contributed by atoms with E-state index in [2.05, 4.69) is 26.8 Å². The van der Waals surface area contributed by atoms with Crippen LogP contribution in [0, 0.1) is 0 Å². The van der Waals surface area contributed by atoms with Crippen molar-refractivity contribution in [2.45, 2.75) is 50.9 Å². The first-order valence-electron chi connectivity index (χ1n) is 11.0. The molecule has 1 aromatic heterocycles. The first-order valence-corrected chi connectivity index (χ1v) is 11.0. The molecule has 1 unspecified atom stereocenters. The summed E-state index contributed by atoms with van der Waals surface area (Å²) in [6.07, 6.45) is -1.24. The second-order valence-electron chi connectivity index (χ2n) is 9.15. The number of ether oxygens (including phenoxy) is 1. The number of hydrogen-bond donors (Lipinski definition) is 0. The average molecular weight is 445 g/mol. The molecule has 9 heteroatoms. The van der Waals surface area contributed by atoms with Gasteiger partial charge in [0.25, 0.3) is 0 Å². The predicted octanol–water partition coefficient (Wildman–Crippen LogP) is 4.35. The summed E-state index contributed by atoms with van der Waals surface area (Å²) in [6, 6.07) is 7.85. The van der Waals surface area contributed by atoms with E-state index in [0.717, 1.165) is 47.1 Å². The van der Waals surface area contributed by atoms with Crippen LogP contribution < -0.4 is 9.64 Å². The molecule has 32 heavy (non-hydrogen) atoms. The largest absolute Gasteiger partial charge is 0.488 e. The van der Waals surface area contributed by atoms with Crippen LogP contribution in [0.5, 0.6) is 5.75 Å². The van der Waals surface area contributed by atoms with Crippen molar-refractivity contribution in [2.24, 2.45) is 4.99 Å². The normalized spacial score (nSPS) is 22.1. The minimum atomic E-state index is -4.13. The third kappa shape index (κ3) is 4.44. The maximum Gasteiger partial charge on any atom is 0.390 e. The van der Waals surface area contributed by atoms with Crippen LogP contribution >= 0.6 is 0 Å². The molecule has 1 aromatic carbocycles. The minimum absolute atomic E-state index is 0.00906. The Morgan fingerprint density at radius 2 is 1.97 bits per heavy atom. The van der Waals surface area contributed by atoms with E-state index in [0.29, 0.717) is 19.6 Å². The van der Waals surface area contributed by atoms with Crippen LogP contribution in [0.4, 0.5) is 24.7 Å². The first-order chi connectivity index (χ1) is 15.2. The Labute approximate surface area is 185 Å². The maximum atomic E-state index is 12.6. The number of hydrogen-bond acceptors (Lipinski definition) is 6. The zero-order valence-electron chi connectivity index (χ0n) is 18.2. The molecule has 3 heterocycles. The standard InChI is InChI=1S/C23H26F3N5O/c1-15-13-31(10-9-30(15)8-7-23(24,25)26)20-12-19(27-14-28-20)21-17-11-16(3-4-18(17)29-21)32-22(2)5-6-22/h3-4,11-12,14-15H,5-10,13H2,1-2H3. The molecule has 0 N–H and O–H groups in total. The second kappa shape index (κ2) is 7.72. The molecule has 5 rings (SSSR count). The van der Waals surface area contributed by atoms with E-state index in [-0.39, 0.29) is 18.2 Å². The zero-order valence-corrected chi connectivity index (χ0v) is 18.2. The van der Waals surface area contributed by atoms with Gasteiger partial charge in [-0.3, -0.25) is 4.90 Å². The van der Waals surface area contributed by atoms with E-state index in [1.807, 2.05) is 36.1 Å². The van der Waals surface area contributed by atoms with Gasteiger partial charge in [0.15, 0.2) is 0 Å². The number of rotatable bonds is 6. The number of benzene rings is 1. The molecule has 2 aromatic rings. The Morgan fingerprint density at radius 3 is 2.69 bits per heavy atom. The fourth-order valence-electron chi connectivity index (χ4n) is 4.21. The molecule has 0 spiro atoms. The van der Waals surface area contributed by atoms with Gasteiger partial charge in [0, 0.05) is 43.9 Å². The molecule has 1 atom stereocenters. The summed E-state index contributed by atoms with van der Waals surface area (Å²) in [5.74, 6) is 1.61. The van der Waals surface area contributed by atoms with Crippen molar-refractivity contribution >= 4 is 17.2 Å². The summed E-state index contributed by atoms with van der Waals surface area (Å²) >= 11 is 0. The number of anilines is 1. The van der Waals surface area contributed by atoms with E-state index in [9.17, 15) is 13.2 Å². The number of piperazine rings is 1. The topological polar surface area (TPSA) is 53.9 Å². The van der Waals surface area contributed by atoms with Crippen LogP contribution in [0.2, 0.25) is 0 Å². The van der Waals surface area contributed by atoms with E-state index < -0.39 is 12.6 Å². The van der Waals surface area contributed by atoms with E-state index in [1.54, 1.807) is 0 Å². The third-order valence-electron chi connectivity index (χ3n) is 6.44. The molecular formula is C23H26F3N5O. The predicted molar refractivity (Wildman–Crippen MR) is 116 cm³/mol. The van der Waals surface area contributed by atoms with Gasteiger partial charge in [-0.05, 0) is 44.9 Å². The third-order valence-corrected chi connectivity index (χ3v) is 6.44. The molecule has 1 aliphatic carbocycles. The smallest absolute Gasteiger partial charge is 0.390 e. The Hall–Kier alpha value is -2.68. The van der Waals surface area contributed by atoms with Gasteiger partial charge in [0.05, 0.1) is 23.5 Å². The number of aliphatic imine (C=N–C) groups is 1. The molecule has 6 nitrogen and oxygen atoms in total. The molecule has 0 bridgehead atoms.